The molecule has 22 heavy (non-hydrogen) atoms. The summed E-state index contributed by atoms with van der Waals surface area (Å²) in [6.07, 6.45) is 0.258. The zero-order valence-electron chi connectivity index (χ0n) is 12.5. The lowest BCUT2D eigenvalue weighted by Gasteiger charge is -2.10. The Morgan fingerprint density at radius 2 is 2.00 bits per heavy atom. The van der Waals surface area contributed by atoms with Crippen LogP contribution in [0.15, 0.2) is 30.3 Å². The van der Waals surface area contributed by atoms with E-state index in [1.54, 1.807) is 19.1 Å². The number of nitrogens with one attached hydrogen (secondary N) is 1. The lowest BCUT2D eigenvalue weighted by Crippen LogP contribution is -2.16. The summed E-state index contributed by atoms with van der Waals surface area (Å²) in [4.78, 5) is 19.1. The third-order valence-corrected chi connectivity index (χ3v) is 3.06. The third kappa shape index (κ3) is 3.98. The summed E-state index contributed by atoms with van der Waals surface area (Å²) < 4.78 is 0. The molecule has 2 aromatic rings. The van der Waals surface area contributed by atoms with Crippen molar-refractivity contribution in [3.63, 3.8) is 0 Å². The fourth-order valence-electron chi connectivity index (χ4n) is 1.88. The van der Waals surface area contributed by atoms with Gasteiger partial charge in [0.05, 0.1) is 11.0 Å². The molecule has 0 aliphatic carbocycles. The van der Waals surface area contributed by atoms with Crippen molar-refractivity contribution >= 4 is 11.5 Å². The molecule has 0 saturated heterocycles. The molecule has 2 rings (SSSR count). The van der Waals surface area contributed by atoms with Gasteiger partial charge >= 0.3 is 0 Å². The highest BCUT2D eigenvalue weighted by Crippen LogP contribution is 2.21. The number of nitro benzene ring substituents is 1. The molecule has 1 unspecified atom stereocenters. The molecule has 2 N–H and O–H groups in total. The molecule has 7 heteroatoms. The molecule has 0 saturated carbocycles. The van der Waals surface area contributed by atoms with E-state index in [1.807, 2.05) is 13.0 Å². The lowest BCUT2D eigenvalue weighted by molar-refractivity contribution is -0.384. The van der Waals surface area contributed by atoms with Gasteiger partial charge in [-0.25, -0.2) is 9.97 Å². The van der Waals surface area contributed by atoms with Crippen LogP contribution >= 0.6 is 0 Å². The second-order valence-corrected chi connectivity index (χ2v) is 4.96. The maximum absolute atomic E-state index is 10.7. The van der Waals surface area contributed by atoms with E-state index in [0.29, 0.717) is 23.8 Å². The van der Waals surface area contributed by atoms with Crippen LogP contribution < -0.4 is 5.32 Å². The number of nitro groups is 1. The van der Waals surface area contributed by atoms with Crippen molar-refractivity contribution in [1.29, 1.82) is 0 Å². The second-order valence-electron chi connectivity index (χ2n) is 4.96. The van der Waals surface area contributed by atoms with E-state index in [1.165, 1.54) is 12.1 Å². The van der Waals surface area contributed by atoms with Crippen LogP contribution in [0.2, 0.25) is 0 Å². The van der Waals surface area contributed by atoms with Gasteiger partial charge in [0.1, 0.15) is 5.82 Å². The zero-order chi connectivity index (χ0) is 16.1. The van der Waals surface area contributed by atoms with Gasteiger partial charge in [-0.2, -0.15) is 0 Å². The lowest BCUT2D eigenvalue weighted by atomic mass is 10.2. The summed E-state index contributed by atoms with van der Waals surface area (Å²) in [7, 11) is 0. The summed E-state index contributed by atoms with van der Waals surface area (Å²) in [6.45, 7) is 4.06. The van der Waals surface area contributed by atoms with Crippen LogP contribution in [0.1, 0.15) is 19.5 Å². The molecule has 0 fully saturated rings. The number of aliphatic hydroxyl groups is 1. The first-order chi connectivity index (χ1) is 10.5. The molecule has 1 aromatic heterocycles. The molecule has 1 atom stereocenters. The molecule has 1 aromatic carbocycles. The Labute approximate surface area is 128 Å². The van der Waals surface area contributed by atoms with Gasteiger partial charge in [-0.1, -0.05) is 6.92 Å². The predicted octanol–water partition coefficient (Wildman–Crippen LogP) is 2.41. The van der Waals surface area contributed by atoms with Gasteiger partial charge in [-0.3, -0.25) is 10.1 Å². The van der Waals surface area contributed by atoms with Crippen molar-refractivity contribution in [2.24, 2.45) is 0 Å². The quantitative estimate of drug-likeness (QED) is 0.627. The Bertz CT molecular complexity index is 656. The largest absolute Gasteiger partial charge is 0.392 e. The number of anilines is 1. The highest BCUT2D eigenvalue weighted by Gasteiger charge is 2.09. The molecule has 0 aliphatic heterocycles. The molecule has 0 aliphatic rings. The minimum Gasteiger partial charge on any atom is -0.392 e. The average molecular weight is 302 g/mol. The summed E-state index contributed by atoms with van der Waals surface area (Å²) in [5.74, 6) is 1.13. The number of non-ortho nitro benzene ring substituents is 1. The summed E-state index contributed by atoms with van der Waals surface area (Å²) in [6, 6.07) is 7.95. The molecule has 0 bridgehead atoms. The van der Waals surface area contributed by atoms with Crippen LogP contribution in [0.25, 0.3) is 11.4 Å². The van der Waals surface area contributed by atoms with E-state index in [0.717, 1.165) is 12.1 Å². The maximum atomic E-state index is 10.7. The number of rotatable bonds is 6. The van der Waals surface area contributed by atoms with Crippen LogP contribution in [0, 0.1) is 10.1 Å². The van der Waals surface area contributed by atoms with Crippen molar-refractivity contribution in [1.82, 2.24) is 9.97 Å². The van der Waals surface area contributed by atoms with E-state index >= 15 is 0 Å². The van der Waals surface area contributed by atoms with Gasteiger partial charge in [-0.05, 0) is 25.5 Å². The normalized spacial score (nSPS) is 12.0. The van der Waals surface area contributed by atoms with Crippen LogP contribution in [-0.4, -0.2) is 32.6 Å². The number of hydrogen-bond donors (Lipinski definition) is 2. The van der Waals surface area contributed by atoms with E-state index in [-0.39, 0.29) is 5.69 Å². The topological polar surface area (TPSA) is 101 Å². The van der Waals surface area contributed by atoms with E-state index in [9.17, 15) is 15.2 Å². The Morgan fingerprint density at radius 3 is 2.55 bits per heavy atom. The van der Waals surface area contributed by atoms with Gasteiger partial charge in [-0.15, -0.1) is 0 Å². The van der Waals surface area contributed by atoms with E-state index in [2.05, 4.69) is 15.3 Å². The summed E-state index contributed by atoms with van der Waals surface area (Å²) in [5, 5.41) is 23.1. The molecule has 0 spiro atoms. The fraction of sp³-hybridized carbons (Fsp3) is 0.333. The monoisotopic (exact) mass is 302 g/mol. The van der Waals surface area contributed by atoms with Crippen LogP contribution in [-0.2, 0) is 6.42 Å². The molecular formula is C15H18N4O3. The SMILES string of the molecule is CCc1cc(NCC(C)O)nc(-c2ccc([N+](=O)[O-])cc2)n1. The molecular weight excluding hydrogens is 284 g/mol. The van der Waals surface area contributed by atoms with Gasteiger partial charge in [0.2, 0.25) is 0 Å². The van der Waals surface area contributed by atoms with Crippen molar-refractivity contribution in [3.8, 4) is 11.4 Å². The van der Waals surface area contributed by atoms with Gasteiger partial charge in [0.15, 0.2) is 5.82 Å². The van der Waals surface area contributed by atoms with Crippen molar-refractivity contribution < 1.29 is 10.0 Å². The highest BCUT2D eigenvalue weighted by atomic mass is 16.6. The smallest absolute Gasteiger partial charge is 0.269 e. The molecule has 7 nitrogen and oxygen atoms in total. The average Bonchev–Trinajstić information content (AvgIpc) is 2.52. The number of aromatic nitrogens is 2. The molecule has 0 radical (unpaired) electrons. The van der Waals surface area contributed by atoms with Gasteiger partial charge in [0, 0.05) is 36.0 Å². The number of benzene rings is 1. The van der Waals surface area contributed by atoms with Crippen molar-refractivity contribution in [2.75, 3.05) is 11.9 Å². The molecule has 1 heterocycles. The fourth-order valence-corrected chi connectivity index (χ4v) is 1.88. The minimum absolute atomic E-state index is 0.0304. The van der Waals surface area contributed by atoms with E-state index in [4.69, 9.17) is 0 Å². The number of nitrogens with zero attached hydrogens (tertiary/aromatic N) is 3. The minimum atomic E-state index is -0.483. The molecule has 0 amide bonds. The second kappa shape index (κ2) is 6.95. The number of hydrogen-bond acceptors (Lipinski definition) is 6. The third-order valence-electron chi connectivity index (χ3n) is 3.06. The standard InChI is InChI=1S/C15H18N4O3/c1-3-12-8-14(16-9-10(2)20)18-15(17-12)11-4-6-13(7-5-11)19(21)22/h4-8,10,20H,3,9H2,1-2H3,(H,16,17,18). The van der Waals surface area contributed by atoms with Crippen LogP contribution in [0.4, 0.5) is 11.5 Å². The predicted molar refractivity (Wildman–Crippen MR) is 83.7 cm³/mol. The Morgan fingerprint density at radius 1 is 1.32 bits per heavy atom. The highest BCUT2D eigenvalue weighted by molar-refractivity contribution is 5.59. The summed E-state index contributed by atoms with van der Waals surface area (Å²) in [5.41, 5.74) is 1.60. The molecule has 116 valence electrons. The van der Waals surface area contributed by atoms with Crippen LogP contribution in [0.5, 0.6) is 0 Å². The van der Waals surface area contributed by atoms with E-state index < -0.39 is 11.0 Å². The Hall–Kier alpha value is -2.54. The first-order valence-corrected chi connectivity index (χ1v) is 7.04. The summed E-state index contributed by atoms with van der Waals surface area (Å²) >= 11 is 0. The number of aliphatic hydroxyl groups excluding tert-OH is 1. The first kappa shape index (κ1) is 15.8. The first-order valence-electron chi connectivity index (χ1n) is 7.04. The Kier molecular flexibility index (Phi) is 5.00. The van der Waals surface area contributed by atoms with Crippen molar-refractivity contribution in [3.05, 3.63) is 46.1 Å². The zero-order valence-corrected chi connectivity index (χ0v) is 12.5. The number of aryl methyl sites for hydroxylation is 1. The van der Waals surface area contributed by atoms with Crippen LogP contribution in [0.3, 0.4) is 0 Å². The van der Waals surface area contributed by atoms with Gasteiger partial charge < -0.3 is 10.4 Å². The Balaban J connectivity index is 2.32. The van der Waals surface area contributed by atoms with Gasteiger partial charge in [0.25, 0.3) is 5.69 Å². The van der Waals surface area contributed by atoms with Crippen molar-refractivity contribution in [2.45, 2.75) is 26.4 Å². The maximum Gasteiger partial charge on any atom is 0.269 e.